The lowest BCUT2D eigenvalue weighted by molar-refractivity contribution is -0.137. The second kappa shape index (κ2) is 12.2. The first-order valence-corrected chi connectivity index (χ1v) is 13.6. The molecule has 42 heavy (non-hydrogen) atoms. The van der Waals surface area contributed by atoms with Crippen LogP contribution in [-0.4, -0.2) is 75.1 Å². The molecule has 2 saturated heterocycles. The molecule has 14 nitrogen and oxygen atoms in total. The Morgan fingerprint density at radius 2 is 1.76 bits per heavy atom. The summed E-state index contributed by atoms with van der Waals surface area (Å²) in [7, 11) is 0. The number of hydrogen-bond acceptors (Lipinski definition) is 9. The van der Waals surface area contributed by atoms with Gasteiger partial charge < -0.3 is 19.9 Å². The maximum atomic E-state index is 13.5. The first-order valence-electron chi connectivity index (χ1n) is 13.3. The lowest BCUT2D eigenvalue weighted by atomic mass is 9.99. The molecule has 4 amide bonds. The summed E-state index contributed by atoms with van der Waals surface area (Å²) in [4.78, 5) is 56.5. The Morgan fingerprint density at radius 1 is 1.05 bits per heavy atom. The van der Waals surface area contributed by atoms with Crippen LogP contribution >= 0.6 is 11.6 Å². The molecule has 15 heteroatoms. The Morgan fingerprint density at radius 3 is 2.40 bits per heavy atom. The van der Waals surface area contributed by atoms with E-state index in [0.717, 1.165) is 0 Å². The molecule has 0 unspecified atom stereocenters. The smallest absolute Gasteiger partial charge is 0.321 e. The second-order valence-electron chi connectivity index (χ2n) is 9.60. The highest BCUT2D eigenvalue weighted by Crippen LogP contribution is 2.38. The fourth-order valence-corrected chi connectivity index (χ4v) is 4.97. The number of urea groups is 1. The maximum absolute atomic E-state index is 13.5. The molecular formula is C27H26ClN9O5. The number of benzene rings is 2. The van der Waals surface area contributed by atoms with Crippen LogP contribution in [0.3, 0.4) is 0 Å². The van der Waals surface area contributed by atoms with Crippen LogP contribution in [0.4, 0.5) is 21.9 Å². The van der Waals surface area contributed by atoms with Crippen LogP contribution in [0.1, 0.15) is 26.2 Å². The van der Waals surface area contributed by atoms with E-state index in [-0.39, 0.29) is 42.6 Å². The number of tetrazole rings is 1. The summed E-state index contributed by atoms with van der Waals surface area (Å²) in [6, 6.07) is 11.3. The summed E-state index contributed by atoms with van der Waals surface area (Å²) < 4.78 is 6.96. The molecule has 3 heterocycles. The molecule has 2 aliphatic rings. The predicted molar refractivity (Wildman–Crippen MR) is 150 cm³/mol. The summed E-state index contributed by atoms with van der Waals surface area (Å²) in [5.74, 6) is -2.46. The number of hydrogen-bond donors (Lipinski definition) is 1. The third-order valence-corrected chi connectivity index (χ3v) is 7.28. The number of ether oxygens (including phenoxy) is 1. The van der Waals surface area contributed by atoms with Gasteiger partial charge in [-0.05, 0) is 53.6 Å². The van der Waals surface area contributed by atoms with Crippen LogP contribution in [0.2, 0.25) is 5.02 Å². The molecule has 0 spiro atoms. The Hall–Kier alpha value is -5.03. The van der Waals surface area contributed by atoms with E-state index < -0.39 is 23.8 Å². The van der Waals surface area contributed by atoms with Crippen LogP contribution in [0, 0.1) is 17.2 Å². The molecule has 0 atom stereocenters. The van der Waals surface area contributed by atoms with Crippen LogP contribution in [0.15, 0.2) is 42.7 Å². The molecule has 0 saturated carbocycles. The van der Waals surface area contributed by atoms with E-state index in [0.29, 0.717) is 42.3 Å². The third kappa shape index (κ3) is 5.72. The van der Waals surface area contributed by atoms with Gasteiger partial charge in [-0.1, -0.05) is 24.6 Å². The minimum atomic E-state index is -0.875. The largest absolute Gasteiger partial charge is 0.422 e. The summed E-state index contributed by atoms with van der Waals surface area (Å²) in [5.41, 5.74) is 1.11. The predicted octanol–water partition coefficient (Wildman–Crippen LogP) is 2.78. The summed E-state index contributed by atoms with van der Waals surface area (Å²) >= 11 is 6.22. The quantitative estimate of drug-likeness (QED) is 0.257. The first kappa shape index (κ1) is 28.5. The average Bonchev–Trinajstić information content (AvgIpc) is 3.54. The number of aromatic nitrogens is 4. The van der Waals surface area contributed by atoms with Gasteiger partial charge in [-0.15, -0.1) is 5.10 Å². The third-order valence-electron chi connectivity index (χ3n) is 7.04. The van der Waals surface area contributed by atoms with Crippen molar-refractivity contribution in [3.8, 4) is 17.5 Å². The molecular weight excluding hydrogens is 566 g/mol. The maximum Gasteiger partial charge on any atom is 0.321 e. The van der Waals surface area contributed by atoms with Crippen molar-refractivity contribution in [2.45, 2.75) is 26.2 Å². The number of esters is 1. The van der Waals surface area contributed by atoms with Gasteiger partial charge in [0.25, 0.3) is 0 Å². The van der Waals surface area contributed by atoms with Gasteiger partial charge >= 0.3 is 23.8 Å². The number of amides is 4. The SMILES string of the molecule is CCC(=O)Oc1c(NC(=O)N2CCC(C#N)CC2)cccc1N1CCN(c2cc(Cl)ccc2-n2cnnn2)C(=O)C1=O. The number of nitrogens with zero attached hydrogens (tertiary/aromatic N) is 8. The lowest BCUT2D eigenvalue weighted by Gasteiger charge is -2.35. The van der Waals surface area contributed by atoms with Crippen LogP contribution in [0.5, 0.6) is 5.75 Å². The van der Waals surface area contributed by atoms with Gasteiger partial charge in [0.15, 0.2) is 5.75 Å². The monoisotopic (exact) mass is 591 g/mol. The van der Waals surface area contributed by atoms with Crippen molar-refractivity contribution in [1.82, 2.24) is 25.1 Å². The Kier molecular flexibility index (Phi) is 8.30. The number of nitriles is 1. The molecule has 0 bridgehead atoms. The molecule has 216 valence electrons. The van der Waals surface area contributed by atoms with Gasteiger partial charge in [-0.25, -0.2) is 4.79 Å². The fraction of sp³-hybridized carbons (Fsp3) is 0.333. The second-order valence-corrected chi connectivity index (χ2v) is 10.0. The summed E-state index contributed by atoms with van der Waals surface area (Å²) in [6.07, 6.45) is 2.52. The minimum Gasteiger partial charge on any atom is -0.422 e. The average molecular weight is 592 g/mol. The first-order chi connectivity index (χ1) is 20.3. The van der Waals surface area contributed by atoms with E-state index in [1.807, 2.05) is 0 Å². The van der Waals surface area contributed by atoms with E-state index >= 15 is 0 Å². The number of carbonyl (C=O) groups excluding carboxylic acids is 4. The van der Waals surface area contributed by atoms with E-state index in [1.165, 1.54) is 20.8 Å². The number of nitrogens with one attached hydrogen (secondary N) is 1. The number of para-hydroxylation sites is 1. The van der Waals surface area contributed by atoms with E-state index in [4.69, 9.17) is 21.6 Å². The van der Waals surface area contributed by atoms with Crippen molar-refractivity contribution in [2.24, 2.45) is 5.92 Å². The van der Waals surface area contributed by atoms with Gasteiger partial charge in [0.05, 0.1) is 28.8 Å². The molecule has 2 fully saturated rings. The van der Waals surface area contributed by atoms with Crippen molar-refractivity contribution in [2.75, 3.05) is 41.3 Å². The highest BCUT2D eigenvalue weighted by Gasteiger charge is 2.37. The van der Waals surface area contributed by atoms with E-state index in [2.05, 4.69) is 26.9 Å². The number of likely N-dealkylation sites (tertiary alicyclic amines) is 1. The number of halogens is 1. The topological polar surface area (TPSA) is 167 Å². The minimum absolute atomic E-state index is 0.0404. The van der Waals surface area contributed by atoms with Gasteiger partial charge in [0.2, 0.25) is 0 Å². The molecule has 1 aromatic heterocycles. The van der Waals surface area contributed by atoms with Gasteiger partial charge in [-0.2, -0.15) is 9.94 Å². The molecule has 2 aromatic carbocycles. The lowest BCUT2D eigenvalue weighted by Crippen LogP contribution is -2.55. The van der Waals surface area contributed by atoms with Crippen molar-refractivity contribution in [3.63, 3.8) is 0 Å². The van der Waals surface area contributed by atoms with Gasteiger partial charge in [0, 0.05) is 43.5 Å². The van der Waals surface area contributed by atoms with Crippen molar-refractivity contribution < 1.29 is 23.9 Å². The normalized spacial score (nSPS) is 15.9. The Balaban J connectivity index is 1.43. The molecule has 2 aliphatic heterocycles. The van der Waals surface area contributed by atoms with Gasteiger partial charge in [0.1, 0.15) is 6.33 Å². The zero-order valence-corrected chi connectivity index (χ0v) is 23.3. The Labute approximate surface area is 245 Å². The fourth-order valence-electron chi connectivity index (χ4n) is 4.81. The van der Waals surface area contributed by atoms with Crippen molar-refractivity contribution in [1.29, 1.82) is 5.26 Å². The van der Waals surface area contributed by atoms with Crippen LogP contribution in [-0.2, 0) is 14.4 Å². The standard InChI is InChI=1S/C27H26ClN9O5/c1-2-23(38)42-24-19(31-27(41)34-10-8-17(15-29)9-11-34)4-3-5-21(24)35-12-13-36(26(40)25(35)39)22-14-18(28)6-7-20(22)37-16-30-32-33-37/h3-7,14,16-17H,2,8-13H2,1H3,(H,31,41). The zero-order chi connectivity index (χ0) is 29.8. The molecule has 1 N–H and O–H groups in total. The number of carbonyl (C=O) groups is 4. The number of rotatable bonds is 6. The van der Waals surface area contributed by atoms with Crippen LogP contribution < -0.4 is 19.9 Å². The van der Waals surface area contributed by atoms with Crippen molar-refractivity contribution in [3.05, 3.63) is 47.7 Å². The highest BCUT2D eigenvalue weighted by molar-refractivity contribution is 6.46. The van der Waals surface area contributed by atoms with E-state index in [9.17, 15) is 19.2 Å². The van der Waals surface area contributed by atoms with Gasteiger partial charge in [-0.3, -0.25) is 19.3 Å². The molecule has 5 rings (SSSR count). The highest BCUT2D eigenvalue weighted by atomic mass is 35.5. The number of piperazine rings is 1. The van der Waals surface area contributed by atoms with E-state index in [1.54, 1.807) is 48.2 Å². The van der Waals surface area contributed by atoms with Crippen LogP contribution in [0.25, 0.3) is 5.69 Å². The Bertz CT molecular complexity index is 1560. The summed E-state index contributed by atoms with van der Waals surface area (Å²) in [6.45, 7) is 2.54. The molecule has 3 aromatic rings. The molecule has 0 radical (unpaired) electrons. The zero-order valence-electron chi connectivity index (χ0n) is 22.6. The summed E-state index contributed by atoms with van der Waals surface area (Å²) in [5, 5.41) is 23.4. The van der Waals surface area contributed by atoms with Crippen molar-refractivity contribution >= 4 is 52.5 Å². The molecule has 0 aliphatic carbocycles. The number of piperidine rings is 1. The number of anilines is 3.